The first-order valence-corrected chi connectivity index (χ1v) is 7.11. The van der Waals surface area contributed by atoms with Gasteiger partial charge in [0.05, 0.1) is 6.61 Å². The number of hydrogen-bond acceptors (Lipinski definition) is 3. The first kappa shape index (κ1) is 14.1. The van der Waals surface area contributed by atoms with Gasteiger partial charge in [0.25, 0.3) is 0 Å². The van der Waals surface area contributed by atoms with Gasteiger partial charge in [-0.05, 0) is 51.9 Å². The zero-order chi connectivity index (χ0) is 13.7. The molecule has 3 heteroatoms. The van der Waals surface area contributed by atoms with Gasteiger partial charge in [-0.25, -0.2) is 0 Å². The normalized spacial score (nSPS) is 20.2. The van der Waals surface area contributed by atoms with E-state index < -0.39 is 0 Å². The van der Waals surface area contributed by atoms with Crippen molar-refractivity contribution in [1.82, 2.24) is 4.90 Å². The molecule has 0 aromatic heterocycles. The third-order valence-electron chi connectivity index (χ3n) is 3.88. The Morgan fingerprint density at radius 2 is 2.26 bits per heavy atom. The van der Waals surface area contributed by atoms with Gasteiger partial charge in [0.1, 0.15) is 5.75 Å². The Morgan fingerprint density at radius 1 is 1.42 bits per heavy atom. The van der Waals surface area contributed by atoms with E-state index in [-0.39, 0.29) is 5.78 Å². The zero-order valence-corrected chi connectivity index (χ0v) is 11.9. The van der Waals surface area contributed by atoms with Gasteiger partial charge in [0.15, 0.2) is 5.78 Å². The molecule has 1 aromatic rings. The Kier molecular flexibility index (Phi) is 4.97. The molecule has 0 saturated carbocycles. The zero-order valence-electron chi connectivity index (χ0n) is 11.9. The number of piperidine rings is 1. The summed E-state index contributed by atoms with van der Waals surface area (Å²) in [7, 11) is 2.19. The van der Waals surface area contributed by atoms with Gasteiger partial charge in [-0.3, -0.25) is 4.79 Å². The van der Waals surface area contributed by atoms with Crippen LogP contribution in [0.25, 0.3) is 0 Å². The number of carbonyl (C=O) groups is 1. The van der Waals surface area contributed by atoms with Crippen LogP contribution in [0.15, 0.2) is 24.3 Å². The maximum atomic E-state index is 11.3. The molecule has 0 aliphatic carbocycles. The van der Waals surface area contributed by atoms with Crippen molar-refractivity contribution in [2.75, 3.05) is 20.2 Å². The molecule has 2 rings (SSSR count). The maximum Gasteiger partial charge on any atom is 0.159 e. The summed E-state index contributed by atoms with van der Waals surface area (Å²) in [5.41, 5.74) is 0.715. The van der Waals surface area contributed by atoms with Crippen LogP contribution in [0, 0.1) is 0 Å². The van der Waals surface area contributed by atoms with Gasteiger partial charge in [-0.1, -0.05) is 18.6 Å². The Labute approximate surface area is 115 Å². The van der Waals surface area contributed by atoms with Crippen molar-refractivity contribution in [2.45, 2.75) is 38.6 Å². The number of hydrogen-bond donors (Lipinski definition) is 0. The molecule has 1 aliphatic rings. The van der Waals surface area contributed by atoms with Crippen LogP contribution in [-0.2, 0) is 0 Å². The van der Waals surface area contributed by atoms with Crippen molar-refractivity contribution in [3.8, 4) is 5.75 Å². The minimum Gasteiger partial charge on any atom is -0.494 e. The number of benzene rings is 1. The molecule has 1 saturated heterocycles. The smallest absolute Gasteiger partial charge is 0.159 e. The lowest BCUT2D eigenvalue weighted by Crippen LogP contribution is -2.37. The van der Waals surface area contributed by atoms with Gasteiger partial charge in [-0.2, -0.15) is 0 Å². The lowest BCUT2D eigenvalue weighted by atomic mass is 10.0. The summed E-state index contributed by atoms with van der Waals surface area (Å²) in [5, 5.41) is 0. The van der Waals surface area contributed by atoms with Crippen molar-refractivity contribution in [1.29, 1.82) is 0 Å². The Morgan fingerprint density at radius 3 is 3.00 bits per heavy atom. The van der Waals surface area contributed by atoms with E-state index in [0.29, 0.717) is 11.6 Å². The predicted molar refractivity (Wildman–Crippen MR) is 76.8 cm³/mol. The lowest BCUT2D eigenvalue weighted by Gasteiger charge is -2.32. The van der Waals surface area contributed by atoms with Crippen LogP contribution in [0.3, 0.4) is 0 Å². The van der Waals surface area contributed by atoms with Crippen molar-refractivity contribution in [2.24, 2.45) is 0 Å². The number of nitrogens with zero attached hydrogens (tertiary/aromatic N) is 1. The van der Waals surface area contributed by atoms with Crippen molar-refractivity contribution >= 4 is 5.78 Å². The number of Topliss-reactive ketones (excluding diaryl/α,β-unsaturated/α-hetero) is 1. The van der Waals surface area contributed by atoms with Crippen LogP contribution < -0.4 is 4.74 Å². The van der Waals surface area contributed by atoms with E-state index >= 15 is 0 Å². The summed E-state index contributed by atoms with van der Waals surface area (Å²) in [6.45, 7) is 3.50. The van der Waals surface area contributed by atoms with Crippen LogP contribution in [0.4, 0.5) is 0 Å². The molecule has 0 radical (unpaired) electrons. The molecule has 3 nitrogen and oxygen atoms in total. The monoisotopic (exact) mass is 261 g/mol. The van der Waals surface area contributed by atoms with Crippen molar-refractivity contribution in [3.05, 3.63) is 29.8 Å². The third kappa shape index (κ3) is 4.06. The van der Waals surface area contributed by atoms with Crippen LogP contribution in [0.1, 0.15) is 43.0 Å². The van der Waals surface area contributed by atoms with E-state index in [0.717, 1.165) is 18.8 Å². The minimum absolute atomic E-state index is 0.0810. The molecule has 0 spiro atoms. The van der Waals surface area contributed by atoms with E-state index in [1.54, 1.807) is 6.92 Å². The Hall–Kier alpha value is -1.35. The van der Waals surface area contributed by atoms with E-state index in [9.17, 15) is 4.79 Å². The highest BCUT2D eigenvalue weighted by atomic mass is 16.5. The van der Waals surface area contributed by atoms with Crippen LogP contribution in [0.5, 0.6) is 5.75 Å². The molecule has 1 unspecified atom stereocenters. The minimum atomic E-state index is 0.0810. The summed E-state index contributed by atoms with van der Waals surface area (Å²) < 4.78 is 5.77. The van der Waals surface area contributed by atoms with Gasteiger partial charge in [-0.15, -0.1) is 0 Å². The Balaban J connectivity index is 1.82. The third-order valence-corrected chi connectivity index (χ3v) is 3.88. The fourth-order valence-electron chi connectivity index (χ4n) is 2.63. The molecule has 1 fully saturated rings. The molecule has 1 aromatic carbocycles. The molecule has 1 atom stereocenters. The number of likely N-dealkylation sites (tertiary alicyclic amines) is 1. The molecule has 104 valence electrons. The SMILES string of the molecule is CC(=O)c1cccc(OCCC2CCCCN2C)c1. The largest absolute Gasteiger partial charge is 0.494 e. The number of carbonyl (C=O) groups excluding carboxylic acids is 1. The average Bonchev–Trinajstić information content (AvgIpc) is 2.41. The fraction of sp³-hybridized carbons (Fsp3) is 0.562. The van der Waals surface area contributed by atoms with Crippen molar-refractivity contribution < 1.29 is 9.53 Å². The van der Waals surface area contributed by atoms with Crippen LogP contribution >= 0.6 is 0 Å². The van der Waals surface area contributed by atoms with Gasteiger partial charge < -0.3 is 9.64 Å². The molecule has 1 aliphatic heterocycles. The van der Waals surface area contributed by atoms with E-state index in [2.05, 4.69) is 11.9 Å². The standard InChI is InChI=1S/C16H23NO2/c1-13(18)14-6-5-8-16(12-14)19-11-9-15-7-3-4-10-17(15)2/h5-6,8,12,15H,3-4,7,9-11H2,1-2H3. The summed E-state index contributed by atoms with van der Waals surface area (Å²) in [6.07, 6.45) is 4.97. The van der Waals surface area contributed by atoms with Crippen LogP contribution in [0.2, 0.25) is 0 Å². The second-order valence-corrected chi connectivity index (χ2v) is 5.35. The molecule has 0 amide bonds. The first-order chi connectivity index (χ1) is 9.16. The van der Waals surface area contributed by atoms with Crippen molar-refractivity contribution in [3.63, 3.8) is 0 Å². The number of ether oxygens (including phenoxy) is 1. The molecule has 1 heterocycles. The maximum absolute atomic E-state index is 11.3. The number of rotatable bonds is 5. The lowest BCUT2D eigenvalue weighted by molar-refractivity contribution is 0.101. The van der Waals surface area contributed by atoms with Gasteiger partial charge in [0.2, 0.25) is 0 Å². The predicted octanol–water partition coefficient (Wildman–Crippen LogP) is 3.14. The molecule has 19 heavy (non-hydrogen) atoms. The summed E-state index contributed by atoms with van der Waals surface area (Å²) in [5.74, 6) is 0.878. The second-order valence-electron chi connectivity index (χ2n) is 5.35. The summed E-state index contributed by atoms with van der Waals surface area (Å²) >= 11 is 0. The second kappa shape index (κ2) is 6.71. The van der Waals surface area contributed by atoms with Crippen LogP contribution in [-0.4, -0.2) is 36.9 Å². The number of ketones is 1. The average molecular weight is 261 g/mol. The summed E-state index contributed by atoms with van der Waals surface area (Å²) in [6, 6.07) is 8.08. The molecular formula is C16H23NO2. The molecular weight excluding hydrogens is 238 g/mol. The highest BCUT2D eigenvalue weighted by Crippen LogP contribution is 2.19. The Bertz CT molecular complexity index is 431. The van der Waals surface area contributed by atoms with E-state index in [1.807, 2.05) is 24.3 Å². The summed E-state index contributed by atoms with van der Waals surface area (Å²) in [4.78, 5) is 13.7. The first-order valence-electron chi connectivity index (χ1n) is 7.11. The molecule has 0 bridgehead atoms. The quantitative estimate of drug-likeness (QED) is 0.763. The highest BCUT2D eigenvalue weighted by molar-refractivity contribution is 5.94. The molecule has 0 N–H and O–H groups in total. The highest BCUT2D eigenvalue weighted by Gasteiger charge is 2.18. The fourth-order valence-corrected chi connectivity index (χ4v) is 2.63. The van der Waals surface area contributed by atoms with Gasteiger partial charge >= 0.3 is 0 Å². The van der Waals surface area contributed by atoms with Gasteiger partial charge in [0, 0.05) is 11.6 Å². The van der Waals surface area contributed by atoms with E-state index in [4.69, 9.17) is 4.74 Å². The topological polar surface area (TPSA) is 29.5 Å². The van der Waals surface area contributed by atoms with E-state index in [1.165, 1.54) is 25.8 Å².